The highest BCUT2D eigenvalue weighted by Gasteiger charge is 2.40. The van der Waals surface area contributed by atoms with Crippen LogP contribution in [-0.2, 0) is 15.3 Å². The number of rotatable bonds is 12. The molecule has 0 spiro atoms. The molecule has 0 aliphatic heterocycles. The maximum absolute atomic E-state index is 6.26. The van der Waals surface area contributed by atoms with E-state index in [9.17, 15) is 0 Å². The average Bonchev–Trinajstić information content (AvgIpc) is 2.58. The van der Waals surface area contributed by atoms with Gasteiger partial charge in [-0.05, 0) is 6.42 Å². The Morgan fingerprint density at radius 1 is 0.955 bits per heavy atom. The van der Waals surface area contributed by atoms with Crippen molar-refractivity contribution in [2.75, 3.05) is 20.1 Å². The first-order chi connectivity index (χ1) is 10.7. The Hall–Kier alpha value is -0.570. The van der Waals surface area contributed by atoms with Gasteiger partial charge in [0.1, 0.15) is 0 Å². The lowest BCUT2D eigenvalue weighted by Gasteiger charge is -2.38. The summed E-state index contributed by atoms with van der Waals surface area (Å²) in [5.41, 5.74) is 1.04. The second-order valence-corrected chi connectivity index (χ2v) is 6.16. The van der Waals surface area contributed by atoms with Crippen LogP contribution >= 0.6 is 11.6 Å². The molecule has 0 saturated carbocycles. The molecule has 2 nitrogen and oxygen atoms in total. The van der Waals surface area contributed by atoms with Gasteiger partial charge in [-0.15, -0.1) is 11.6 Å². The maximum atomic E-state index is 6.26. The van der Waals surface area contributed by atoms with E-state index in [2.05, 4.69) is 6.92 Å². The Morgan fingerprint density at radius 3 is 2.09 bits per heavy atom. The van der Waals surface area contributed by atoms with Crippen LogP contribution in [-0.4, -0.2) is 20.1 Å². The Morgan fingerprint density at radius 2 is 1.55 bits per heavy atom. The minimum atomic E-state index is -0.744. The quantitative estimate of drug-likeness (QED) is 0.277. The number of halogens is 1. The molecule has 3 heteroatoms. The Labute approximate surface area is 141 Å². The number of benzene rings is 1. The highest BCUT2D eigenvalue weighted by molar-refractivity contribution is 6.18. The smallest absolute Gasteiger partial charge is 0.198 e. The maximum Gasteiger partial charge on any atom is 0.198 e. The molecule has 0 aliphatic rings. The number of unbranched alkanes of at least 4 members (excludes halogenated alkanes) is 5. The molecule has 1 rings (SSSR count). The standard InChI is InChI=1S/C19H31ClO2/c1-4-5-6-7-8-10-15-18(16-20)19(21-2,22-3)17-13-11-9-12-14-17/h9,11-14,18H,4-8,10,15-16H2,1-3H3. The van der Waals surface area contributed by atoms with Gasteiger partial charge in [0.15, 0.2) is 5.79 Å². The molecule has 0 fully saturated rings. The van der Waals surface area contributed by atoms with Gasteiger partial charge in [-0.3, -0.25) is 0 Å². The first kappa shape index (κ1) is 19.5. The third-order valence-electron chi connectivity index (χ3n) is 4.41. The molecule has 1 aromatic rings. The fourth-order valence-electron chi connectivity index (χ4n) is 3.10. The van der Waals surface area contributed by atoms with Crippen molar-refractivity contribution in [1.29, 1.82) is 0 Å². The van der Waals surface area contributed by atoms with Crippen molar-refractivity contribution in [3.8, 4) is 0 Å². The predicted octanol–water partition coefficient (Wildman–Crippen LogP) is 5.74. The van der Waals surface area contributed by atoms with Crippen LogP contribution in [0.2, 0.25) is 0 Å². The summed E-state index contributed by atoms with van der Waals surface area (Å²) in [6.45, 7) is 2.24. The van der Waals surface area contributed by atoms with Crippen LogP contribution in [0.4, 0.5) is 0 Å². The zero-order valence-corrected chi connectivity index (χ0v) is 15.1. The Bertz CT molecular complexity index is 376. The molecule has 1 aromatic carbocycles. The van der Waals surface area contributed by atoms with Gasteiger partial charge < -0.3 is 9.47 Å². The number of ether oxygens (including phenoxy) is 2. The minimum absolute atomic E-state index is 0.151. The summed E-state index contributed by atoms with van der Waals surface area (Å²) in [6.07, 6.45) is 8.71. The Balaban J connectivity index is 2.67. The van der Waals surface area contributed by atoms with Crippen molar-refractivity contribution in [2.45, 2.75) is 57.7 Å². The van der Waals surface area contributed by atoms with Gasteiger partial charge >= 0.3 is 0 Å². The van der Waals surface area contributed by atoms with E-state index in [1.165, 1.54) is 38.5 Å². The largest absolute Gasteiger partial charge is 0.349 e. The van der Waals surface area contributed by atoms with Crippen LogP contribution in [0.25, 0.3) is 0 Å². The van der Waals surface area contributed by atoms with Crippen LogP contribution in [0.3, 0.4) is 0 Å². The zero-order valence-electron chi connectivity index (χ0n) is 14.3. The molecule has 1 unspecified atom stereocenters. The Kier molecular flexibility index (Phi) is 9.77. The zero-order chi connectivity index (χ0) is 16.3. The van der Waals surface area contributed by atoms with E-state index >= 15 is 0 Å². The molecular weight excluding hydrogens is 296 g/mol. The number of hydrogen-bond acceptors (Lipinski definition) is 2. The molecule has 0 aromatic heterocycles. The van der Waals surface area contributed by atoms with Gasteiger partial charge in [0.2, 0.25) is 0 Å². The molecular formula is C19H31ClO2. The third kappa shape index (κ3) is 5.26. The van der Waals surface area contributed by atoms with Crippen LogP contribution in [0.5, 0.6) is 0 Å². The van der Waals surface area contributed by atoms with E-state index < -0.39 is 5.79 Å². The minimum Gasteiger partial charge on any atom is -0.349 e. The summed E-state index contributed by atoms with van der Waals surface area (Å²) in [6, 6.07) is 10.1. The van der Waals surface area contributed by atoms with E-state index in [4.69, 9.17) is 21.1 Å². The summed E-state index contributed by atoms with van der Waals surface area (Å²) < 4.78 is 11.6. The van der Waals surface area contributed by atoms with Crippen LogP contribution in [0.15, 0.2) is 30.3 Å². The lowest BCUT2D eigenvalue weighted by Crippen LogP contribution is -2.40. The first-order valence-electron chi connectivity index (χ1n) is 8.46. The second kappa shape index (κ2) is 11.0. The van der Waals surface area contributed by atoms with Crippen LogP contribution in [0.1, 0.15) is 57.4 Å². The van der Waals surface area contributed by atoms with Gasteiger partial charge in [0.25, 0.3) is 0 Å². The van der Waals surface area contributed by atoms with Gasteiger partial charge in [0.05, 0.1) is 0 Å². The molecule has 0 N–H and O–H groups in total. The van der Waals surface area contributed by atoms with Gasteiger partial charge in [-0.25, -0.2) is 0 Å². The summed E-state index contributed by atoms with van der Waals surface area (Å²) >= 11 is 6.26. The molecule has 126 valence electrons. The van der Waals surface area contributed by atoms with Crippen molar-refractivity contribution >= 4 is 11.6 Å². The molecule has 0 aliphatic carbocycles. The van der Waals surface area contributed by atoms with Crippen LogP contribution < -0.4 is 0 Å². The van der Waals surface area contributed by atoms with Crippen molar-refractivity contribution in [3.63, 3.8) is 0 Å². The van der Waals surface area contributed by atoms with E-state index in [0.29, 0.717) is 5.88 Å². The summed E-state index contributed by atoms with van der Waals surface area (Å²) in [5, 5.41) is 0. The average molecular weight is 327 g/mol. The molecule has 0 bridgehead atoms. The lowest BCUT2D eigenvalue weighted by atomic mass is 9.88. The van der Waals surface area contributed by atoms with Crippen molar-refractivity contribution in [1.82, 2.24) is 0 Å². The third-order valence-corrected chi connectivity index (χ3v) is 4.79. The molecule has 0 radical (unpaired) electrons. The van der Waals surface area contributed by atoms with Crippen molar-refractivity contribution in [3.05, 3.63) is 35.9 Å². The van der Waals surface area contributed by atoms with Crippen molar-refractivity contribution < 1.29 is 9.47 Å². The number of methoxy groups -OCH3 is 2. The second-order valence-electron chi connectivity index (χ2n) is 5.85. The summed E-state index contributed by atoms with van der Waals surface area (Å²) in [7, 11) is 3.41. The molecule has 22 heavy (non-hydrogen) atoms. The highest BCUT2D eigenvalue weighted by Crippen LogP contribution is 2.38. The monoisotopic (exact) mass is 326 g/mol. The van der Waals surface area contributed by atoms with Crippen molar-refractivity contribution in [2.24, 2.45) is 5.92 Å². The normalized spacial score (nSPS) is 13.3. The molecule has 0 amide bonds. The topological polar surface area (TPSA) is 18.5 Å². The summed E-state index contributed by atoms with van der Waals surface area (Å²) in [4.78, 5) is 0. The molecule has 1 atom stereocenters. The molecule has 0 saturated heterocycles. The predicted molar refractivity (Wildman–Crippen MR) is 94.3 cm³/mol. The van der Waals surface area contributed by atoms with Gasteiger partial charge in [-0.1, -0.05) is 75.8 Å². The van der Waals surface area contributed by atoms with Gasteiger partial charge in [0, 0.05) is 31.6 Å². The molecule has 0 heterocycles. The lowest BCUT2D eigenvalue weighted by molar-refractivity contribution is -0.247. The summed E-state index contributed by atoms with van der Waals surface area (Å²) in [5.74, 6) is -0.0597. The van der Waals surface area contributed by atoms with E-state index in [1.54, 1.807) is 14.2 Å². The van der Waals surface area contributed by atoms with E-state index in [-0.39, 0.29) is 5.92 Å². The number of alkyl halides is 1. The van der Waals surface area contributed by atoms with E-state index in [1.807, 2.05) is 30.3 Å². The van der Waals surface area contributed by atoms with Gasteiger partial charge in [-0.2, -0.15) is 0 Å². The number of hydrogen-bond donors (Lipinski definition) is 0. The first-order valence-corrected chi connectivity index (χ1v) is 9.00. The highest BCUT2D eigenvalue weighted by atomic mass is 35.5. The van der Waals surface area contributed by atoms with E-state index in [0.717, 1.165) is 12.0 Å². The van der Waals surface area contributed by atoms with Crippen LogP contribution in [0, 0.1) is 5.92 Å². The fraction of sp³-hybridized carbons (Fsp3) is 0.684. The fourth-order valence-corrected chi connectivity index (χ4v) is 3.46. The SMILES string of the molecule is CCCCCCCCC(CCl)C(OC)(OC)c1ccccc1.